The van der Waals surface area contributed by atoms with Crippen LogP contribution in [-0.4, -0.2) is 30.5 Å². The van der Waals surface area contributed by atoms with Crippen molar-refractivity contribution in [1.29, 1.82) is 0 Å². The Morgan fingerprint density at radius 1 is 1.03 bits per heavy atom. The van der Waals surface area contributed by atoms with Crippen LogP contribution in [0.5, 0.6) is 11.5 Å². The van der Waals surface area contributed by atoms with E-state index in [4.69, 9.17) is 4.74 Å². The van der Waals surface area contributed by atoms with Gasteiger partial charge >= 0.3 is 6.36 Å². The zero-order valence-corrected chi connectivity index (χ0v) is 16.6. The first-order chi connectivity index (χ1) is 14.6. The molecule has 0 radical (unpaired) electrons. The smallest absolute Gasteiger partial charge is 0.482 e. The van der Waals surface area contributed by atoms with Crippen molar-refractivity contribution in [3.63, 3.8) is 0 Å². The molecule has 2 aromatic carbocycles. The molecule has 2 heterocycles. The Bertz CT molecular complexity index is 1220. The molecule has 6 nitrogen and oxygen atoms in total. The molecule has 1 aliphatic heterocycles. The van der Waals surface area contributed by atoms with Crippen molar-refractivity contribution in [2.24, 2.45) is 0 Å². The van der Waals surface area contributed by atoms with E-state index in [1.54, 1.807) is 32.3 Å². The number of fused-ring (bicyclic) bond motifs is 1. The van der Waals surface area contributed by atoms with Crippen LogP contribution in [0.15, 0.2) is 59.5 Å². The number of anilines is 1. The number of amides is 1. The average Bonchev–Trinajstić information content (AvgIpc) is 2.70. The standard InChI is InChI=1S/C22H17F3N2O4.CH4/c1-13-9-20(28)27(15-4-6-16(7-5-15)31-22(23,24)25)11-17(13)14-3-8-19-18(10-14)26(2)21(29)12-30-19;/h3-11H,12H2,1-2H3;1H4. The molecule has 32 heavy (non-hydrogen) atoms. The van der Waals surface area contributed by atoms with Gasteiger partial charge in [0, 0.05) is 30.6 Å². The molecule has 0 saturated heterocycles. The third kappa shape index (κ3) is 4.46. The molecular formula is C23H21F3N2O4. The lowest BCUT2D eigenvalue weighted by atomic mass is 10.0. The second-order valence-electron chi connectivity index (χ2n) is 7.04. The molecule has 0 N–H and O–H groups in total. The Morgan fingerprint density at radius 2 is 1.72 bits per heavy atom. The van der Waals surface area contributed by atoms with Gasteiger partial charge in [-0.15, -0.1) is 13.2 Å². The number of pyridine rings is 1. The molecule has 4 rings (SSSR count). The Balaban J connectivity index is 0.00000289. The second kappa shape index (κ2) is 8.41. The molecule has 168 valence electrons. The van der Waals surface area contributed by atoms with Gasteiger partial charge in [-0.3, -0.25) is 14.2 Å². The van der Waals surface area contributed by atoms with Gasteiger partial charge in [-0.1, -0.05) is 13.5 Å². The van der Waals surface area contributed by atoms with Crippen molar-refractivity contribution in [3.8, 4) is 28.3 Å². The zero-order chi connectivity index (χ0) is 22.3. The van der Waals surface area contributed by atoms with Gasteiger partial charge in [-0.25, -0.2) is 0 Å². The van der Waals surface area contributed by atoms with E-state index in [1.807, 2.05) is 6.07 Å². The van der Waals surface area contributed by atoms with Gasteiger partial charge in [0.15, 0.2) is 6.61 Å². The lowest BCUT2D eigenvalue weighted by Gasteiger charge is -2.26. The van der Waals surface area contributed by atoms with Gasteiger partial charge in [0.05, 0.1) is 5.69 Å². The molecular weight excluding hydrogens is 425 g/mol. The number of aromatic nitrogens is 1. The summed E-state index contributed by atoms with van der Waals surface area (Å²) in [6.45, 7) is 1.76. The topological polar surface area (TPSA) is 60.8 Å². The van der Waals surface area contributed by atoms with Crippen LogP contribution >= 0.6 is 0 Å². The highest BCUT2D eigenvalue weighted by Gasteiger charge is 2.31. The summed E-state index contributed by atoms with van der Waals surface area (Å²) in [6.07, 6.45) is -3.18. The number of halogens is 3. The summed E-state index contributed by atoms with van der Waals surface area (Å²) in [7, 11) is 1.66. The quantitative estimate of drug-likeness (QED) is 0.585. The third-order valence-electron chi connectivity index (χ3n) is 4.97. The fourth-order valence-corrected chi connectivity index (χ4v) is 3.38. The average molecular weight is 446 g/mol. The number of hydrogen-bond acceptors (Lipinski definition) is 4. The predicted octanol–water partition coefficient (Wildman–Crippen LogP) is 4.70. The van der Waals surface area contributed by atoms with E-state index in [0.29, 0.717) is 22.7 Å². The van der Waals surface area contributed by atoms with Crippen LogP contribution in [0, 0.1) is 6.92 Å². The van der Waals surface area contributed by atoms with Crippen molar-refractivity contribution in [2.45, 2.75) is 20.7 Å². The second-order valence-corrected chi connectivity index (χ2v) is 7.04. The van der Waals surface area contributed by atoms with Gasteiger partial charge in [-0.05, 0) is 54.4 Å². The van der Waals surface area contributed by atoms with Crippen LogP contribution in [0.3, 0.4) is 0 Å². The Labute approximate surface area is 182 Å². The van der Waals surface area contributed by atoms with Crippen molar-refractivity contribution in [2.75, 3.05) is 18.6 Å². The molecule has 0 saturated carbocycles. The SMILES string of the molecule is C.Cc1cc(=O)n(-c2ccc(OC(F)(F)F)cc2)cc1-c1ccc2c(c1)N(C)C(=O)CO2. The van der Waals surface area contributed by atoms with Crippen molar-refractivity contribution in [1.82, 2.24) is 4.57 Å². The van der Waals surface area contributed by atoms with Crippen LogP contribution in [-0.2, 0) is 4.79 Å². The minimum absolute atomic E-state index is 0. The molecule has 1 amide bonds. The van der Waals surface area contributed by atoms with Gasteiger partial charge in [0.2, 0.25) is 0 Å². The number of ether oxygens (including phenoxy) is 2. The number of rotatable bonds is 3. The summed E-state index contributed by atoms with van der Waals surface area (Å²) in [5, 5.41) is 0. The summed E-state index contributed by atoms with van der Waals surface area (Å²) >= 11 is 0. The first kappa shape index (κ1) is 22.9. The van der Waals surface area contributed by atoms with Crippen LogP contribution in [0.2, 0.25) is 0 Å². The number of likely N-dealkylation sites (N-methyl/N-ethyl adjacent to an activating group) is 1. The highest BCUT2D eigenvalue weighted by molar-refractivity contribution is 5.98. The molecule has 9 heteroatoms. The summed E-state index contributed by atoms with van der Waals surface area (Å²) in [5.41, 5.74) is 2.86. The molecule has 1 aliphatic rings. The van der Waals surface area contributed by atoms with E-state index < -0.39 is 6.36 Å². The molecule has 0 spiro atoms. The summed E-state index contributed by atoms with van der Waals surface area (Å²) in [6, 6.07) is 11.8. The lowest BCUT2D eigenvalue weighted by molar-refractivity contribution is -0.274. The maximum absolute atomic E-state index is 12.5. The first-order valence-electron chi connectivity index (χ1n) is 9.26. The molecule has 0 bridgehead atoms. The Hall–Kier alpha value is -3.75. The number of nitrogens with zero attached hydrogens (tertiary/aromatic N) is 2. The van der Waals surface area contributed by atoms with Crippen molar-refractivity contribution in [3.05, 3.63) is 70.6 Å². The molecule has 0 fully saturated rings. The van der Waals surface area contributed by atoms with E-state index in [0.717, 1.165) is 23.3 Å². The summed E-state index contributed by atoms with van der Waals surface area (Å²) in [4.78, 5) is 26.0. The fraction of sp³-hybridized carbons (Fsp3) is 0.217. The van der Waals surface area contributed by atoms with Gasteiger partial charge < -0.3 is 14.4 Å². The molecule has 3 aromatic rings. The zero-order valence-electron chi connectivity index (χ0n) is 16.6. The molecule has 1 aromatic heterocycles. The lowest BCUT2D eigenvalue weighted by Crippen LogP contribution is -2.35. The minimum Gasteiger partial charge on any atom is -0.482 e. The molecule has 0 atom stereocenters. The third-order valence-corrected chi connectivity index (χ3v) is 4.97. The van der Waals surface area contributed by atoms with E-state index in [9.17, 15) is 22.8 Å². The molecule has 0 unspecified atom stereocenters. The normalized spacial score (nSPS) is 13.2. The van der Waals surface area contributed by atoms with Gasteiger partial charge in [0.1, 0.15) is 11.5 Å². The van der Waals surface area contributed by atoms with Crippen molar-refractivity contribution < 1.29 is 27.4 Å². The van der Waals surface area contributed by atoms with E-state index >= 15 is 0 Å². The largest absolute Gasteiger partial charge is 0.573 e. The number of alkyl halides is 3. The highest BCUT2D eigenvalue weighted by Crippen LogP contribution is 2.36. The minimum atomic E-state index is -4.79. The fourth-order valence-electron chi connectivity index (χ4n) is 3.38. The monoisotopic (exact) mass is 446 g/mol. The predicted molar refractivity (Wildman–Crippen MR) is 115 cm³/mol. The van der Waals surface area contributed by atoms with Crippen molar-refractivity contribution >= 4 is 11.6 Å². The summed E-state index contributed by atoms with van der Waals surface area (Å²) in [5.74, 6) is 0.0311. The Morgan fingerprint density at radius 3 is 2.38 bits per heavy atom. The first-order valence-corrected chi connectivity index (χ1v) is 9.26. The van der Waals surface area contributed by atoms with E-state index in [2.05, 4.69) is 4.74 Å². The van der Waals surface area contributed by atoms with Crippen LogP contribution in [0.25, 0.3) is 16.8 Å². The highest BCUT2D eigenvalue weighted by atomic mass is 19.4. The van der Waals surface area contributed by atoms with E-state index in [-0.39, 0.29) is 31.2 Å². The number of carbonyl (C=O) groups is 1. The number of benzene rings is 2. The van der Waals surface area contributed by atoms with Crippen LogP contribution in [0.1, 0.15) is 13.0 Å². The number of hydrogen-bond donors (Lipinski definition) is 0. The van der Waals surface area contributed by atoms with Gasteiger partial charge in [0.25, 0.3) is 11.5 Å². The maximum atomic E-state index is 12.5. The summed E-state index contributed by atoms with van der Waals surface area (Å²) < 4.78 is 47.8. The number of aryl methyl sites for hydroxylation is 1. The van der Waals surface area contributed by atoms with E-state index in [1.165, 1.54) is 27.7 Å². The van der Waals surface area contributed by atoms with Gasteiger partial charge in [-0.2, -0.15) is 0 Å². The van der Waals surface area contributed by atoms with Crippen LogP contribution < -0.4 is 19.9 Å². The van der Waals surface area contributed by atoms with Crippen LogP contribution in [0.4, 0.5) is 18.9 Å². The number of carbonyl (C=O) groups excluding carboxylic acids is 1. The Kier molecular flexibility index (Phi) is 6.03. The maximum Gasteiger partial charge on any atom is 0.573 e. The molecule has 0 aliphatic carbocycles.